The minimum absolute atomic E-state index is 0.110. The van der Waals surface area contributed by atoms with E-state index in [4.69, 9.17) is 11.6 Å². The van der Waals surface area contributed by atoms with Crippen LogP contribution in [0.5, 0.6) is 0 Å². The molecule has 2 aromatic rings. The van der Waals surface area contributed by atoms with E-state index in [0.717, 1.165) is 9.13 Å². The summed E-state index contributed by atoms with van der Waals surface area (Å²) >= 11 is 8.00. The Morgan fingerprint density at radius 1 is 1.05 bits per heavy atom. The summed E-state index contributed by atoms with van der Waals surface area (Å²) in [6, 6.07) is 14.2. The average molecular weight is 425 g/mol. The molecule has 4 nitrogen and oxygen atoms in total. The number of hydrogen-bond donors (Lipinski definition) is 1. The number of hydrogen-bond acceptors (Lipinski definition) is 2. The molecule has 6 heteroatoms. The normalized spacial score (nSPS) is 16.3. The zero-order chi connectivity index (χ0) is 15.7. The molecule has 1 saturated heterocycles. The first-order valence-corrected chi connectivity index (χ1v) is 7.89. The molecule has 0 saturated carbocycles. The van der Waals surface area contributed by atoms with Gasteiger partial charge in [-0.1, -0.05) is 29.8 Å². The zero-order valence-electron chi connectivity index (χ0n) is 11.2. The van der Waals surface area contributed by atoms with Crippen LogP contribution in [0, 0.1) is 3.57 Å². The number of anilines is 1. The van der Waals surface area contributed by atoms with Gasteiger partial charge in [0.1, 0.15) is 5.57 Å². The minimum Gasteiger partial charge on any atom is -0.267 e. The highest BCUT2D eigenvalue weighted by Gasteiger charge is 2.34. The Morgan fingerprint density at radius 3 is 2.41 bits per heavy atom. The summed E-state index contributed by atoms with van der Waals surface area (Å²) in [5.74, 6) is -0.799. The molecule has 1 heterocycles. The topological polar surface area (TPSA) is 49.4 Å². The van der Waals surface area contributed by atoms with Crippen molar-refractivity contribution in [2.45, 2.75) is 0 Å². The highest BCUT2D eigenvalue weighted by atomic mass is 127. The van der Waals surface area contributed by atoms with E-state index in [1.807, 2.05) is 24.3 Å². The fourth-order valence-corrected chi connectivity index (χ4v) is 2.75. The van der Waals surface area contributed by atoms with Crippen molar-refractivity contribution in [3.63, 3.8) is 0 Å². The molecule has 1 fully saturated rings. The second kappa shape index (κ2) is 6.10. The largest absolute Gasteiger partial charge is 0.282 e. The second-order valence-electron chi connectivity index (χ2n) is 4.64. The van der Waals surface area contributed by atoms with Gasteiger partial charge in [-0.2, -0.15) is 0 Å². The first-order chi connectivity index (χ1) is 10.6. The summed E-state index contributed by atoms with van der Waals surface area (Å²) < 4.78 is 0.971. The van der Waals surface area contributed by atoms with Crippen molar-refractivity contribution in [2.75, 3.05) is 5.01 Å². The van der Waals surface area contributed by atoms with Gasteiger partial charge in [-0.3, -0.25) is 15.0 Å². The van der Waals surface area contributed by atoms with Crippen molar-refractivity contribution >= 4 is 57.8 Å². The first kappa shape index (κ1) is 15.1. The van der Waals surface area contributed by atoms with Gasteiger partial charge in [0.25, 0.3) is 11.8 Å². The number of rotatable bonds is 2. The summed E-state index contributed by atoms with van der Waals surface area (Å²) in [5, 5.41) is 1.79. The monoisotopic (exact) mass is 424 g/mol. The molecule has 1 N–H and O–H groups in total. The Balaban J connectivity index is 1.95. The predicted molar refractivity (Wildman–Crippen MR) is 94.2 cm³/mol. The number of halogens is 2. The lowest BCUT2D eigenvalue weighted by Crippen LogP contribution is -2.35. The molecule has 2 amide bonds. The molecule has 1 aliphatic rings. The van der Waals surface area contributed by atoms with Gasteiger partial charge in [0.15, 0.2) is 0 Å². The third kappa shape index (κ3) is 2.86. The number of nitrogens with one attached hydrogen (secondary N) is 1. The summed E-state index contributed by atoms with van der Waals surface area (Å²) in [7, 11) is 0. The van der Waals surface area contributed by atoms with Crippen LogP contribution >= 0.6 is 34.2 Å². The Hall–Kier alpha value is -1.86. The number of carbonyl (C=O) groups is 2. The van der Waals surface area contributed by atoms with E-state index in [0.29, 0.717) is 10.7 Å². The molecular formula is C16H10ClIN2O2. The average Bonchev–Trinajstić information content (AvgIpc) is 2.78. The van der Waals surface area contributed by atoms with Crippen LogP contribution in [-0.4, -0.2) is 11.8 Å². The van der Waals surface area contributed by atoms with Crippen LogP contribution in [0.4, 0.5) is 5.69 Å². The predicted octanol–water partition coefficient (Wildman–Crippen LogP) is 3.41. The third-order valence-electron chi connectivity index (χ3n) is 3.18. The molecular weight excluding hydrogens is 415 g/mol. The van der Waals surface area contributed by atoms with Gasteiger partial charge >= 0.3 is 0 Å². The lowest BCUT2D eigenvalue weighted by atomic mass is 10.1. The van der Waals surface area contributed by atoms with Crippen molar-refractivity contribution in [3.05, 3.63) is 68.3 Å². The highest BCUT2D eigenvalue weighted by molar-refractivity contribution is 14.1. The molecule has 22 heavy (non-hydrogen) atoms. The first-order valence-electron chi connectivity index (χ1n) is 6.43. The summed E-state index contributed by atoms with van der Waals surface area (Å²) in [6.07, 6.45) is 1.61. The van der Waals surface area contributed by atoms with Crippen molar-refractivity contribution in [3.8, 4) is 0 Å². The Morgan fingerprint density at radius 2 is 1.73 bits per heavy atom. The molecule has 3 rings (SSSR count). The van der Waals surface area contributed by atoms with E-state index >= 15 is 0 Å². The van der Waals surface area contributed by atoms with Crippen molar-refractivity contribution in [1.29, 1.82) is 0 Å². The van der Waals surface area contributed by atoms with E-state index in [-0.39, 0.29) is 11.5 Å². The summed E-state index contributed by atoms with van der Waals surface area (Å²) in [4.78, 5) is 24.5. The Bertz CT molecular complexity index is 787. The third-order valence-corrected chi connectivity index (χ3v) is 4.42. The molecule has 110 valence electrons. The maximum absolute atomic E-state index is 12.5. The molecule has 0 bridgehead atoms. The number of carbonyl (C=O) groups excluding carboxylic acids is 2. The number of nitrogens with zero attached hydrogens (tertiary/aromatic N) is 1. The molecule has 1 aliphatic heterocycles. The van der Waals surface area contributed by atoms with Crippen LogP contribution in [0.15, 0.2) is 54.1 Å². The van der Waals surface area contributed by atoms with Crippen molar-refractivity contribution in [2.24, 2.45) is 0 Å². The van der Waals surface area contributed by atoms with Crippen molar-refractivity contribution < 1.29 is 9.59 Å². The van der Waals surface area contributed by atoms with E-state index in [9.17, 15) is 9.59 Å². The minimum atomic E-state index is -0.417. The van der Waals surface area contributed by atoms with Gasteiger partial charge in [-0.25, -0.2) is 5.01 Å². The molecule has 0 atom stereocenters. The zero-order valence-corrected chi connectivity index (χ0v) is 14.1. The smallest absolute Gasteiger partial charge is 0.267 e. The molecule has 2 aromatic carbocycles. The van der Waals surface area contributed by atoms with E-state index in [1.165, 1.54) is 5.01 Å². The molecule has 0 aliphatic carbocycles. The van der Waals surface area contributed by atoms with E-state index in [1.54, 1.807) is 30.3 Å². The van der Waals surface area contributed by atoms with Gasteiger partial charge < -0.3 is 0 Å². The van der Waals surface area contributed by atoms with E-state index in [2.05, 4.69) is 28.0 Å². The highest BCUT2D eigenvalue weighted by Crippen LogP contribution is 2.24. The number of amides is 2. The standard InChI is InChI=1S/C16H10ClIN2O2/c17-11-5-7-12(8-6-11)20-16(22)13(15(21)19-20)9-10-3-1-2-4-14(10)18/h1-9H,(H,19,21). The van der Waals surface area contributed by atoms with Gasteiger partial charge in [-0.15, -0.1) is 0 Å². The Labute approximate surface area is 145 Å². The molecule has 0 spiro atoms. The SMILES string of the molecule is O=C1NN(c2ccc(Cl)cc2)C(=O)C1=Cc1ccccc1I. The fraction of sp³-hybridized carbons (Fsp3) is 0. The fourth-order valence-electron chi connectivity index (χ4n) is 2.08. The van der Waals surface area contributed by atoms with Gasteiger partial charge in [-0.05, 0) is 64.6 Å². The van der Waals surface area contributed by atoms with Gasteiger partial charge in [0.2, 0.25) is 0 Å². The van der Waals surface area contributed by atoms with Crippen LogP contribution < -0.4 is 10.4 Å². The second-order valence-corrected chi connectivity index (χ2v) is 6.24. The van der Waals surface area contributed by atoms with Crippen LogP contribution in [0.25, 0.3) is 6.08 Å². The Kier molecular flexibility index (Phi) is 4.17. The maximum Gasteiger partial charge on any atom is 0.282 e. The summed E-state index contributed by atoms with van der Waals surface area (Å²) in [5.41, 5.74) is 4.07. The summed E-state index contributed by atoms with van der Waals surface area (Å²) in [6.45, 7) is 0. The molecule has 0 radical (unpaired) electrons. The van der Waals surface area contributed by atoms with Crippen LogP contribution in [0.2, 0.25) is 5.02 Å². The maximum atomic E-state index is 12.5. The van der Waals surface area contributed by atoms with Crippen molar-refractivity contribution in [1.82, 2.24) is 5.43 Å². The van der Waals surface area contributed by atoms with E-state index < -0.39 is 5.91 Å². The number of hydrazine groups is 1. The lowest BCUT2D eigenvalue weighted by molar-refractivity contribution is -0.117. The van der Waals surface area contributed by atoms with Gasteiger partial charge in [0, 0.05) is 8.59 Å². The van der Waals surface area contributed by atoms with Gasteiger partial charge in [0.05, 0.1) is 5.69 Å². The quantitative estimate of drug-likeness (QED) is 0.456. The molecule has 0 unspecified atom stereocenters. The van der Waals surface area contributed by atoms with Crippen LogP contribution in [0.1, 0.15) is 5.56 Å². The lowest BCUT2D eigenvalue weighted by Gasteiger charge is -2.14. The van der Waals surface area contributed by atoms with Crippen LogP contribution in [0.3, 0.4) is 0 Å². The van der Waals surface area contributed by atoms with Crippen LogP contribution in [-0.2, 0) is 9.59 Å². The molecule has 0 aromatic heterocycles. The number of benzene rings is 2.